The average Bonchev–Trinajstić information content (AvgIpc) is 3.10. The number of carboxylic acid groups (broad SMARTS) is 1. The molecule has 0 spiro atoms. The van der Waals surface area contributed by atoms with Crippen LogP contribution in [0, 0.1) is 13.8 Å². The summed E-state index contributed by atoms with van der Waals surface area (Å²) in [5.74, 6) is -1.28. The molecule has 1 aromatic heterocycles. The van der Waals surface area contributed by atoms with Crippen LogP contribution in [-0.4, -0.2) is 47.7 Å². The van der Waals surface area contributed by atoms with Gasteiger partial charge in [-0.15, -0.1) is 0 Å². The number of aryl methyl sites for hydroxylation is 2. The van der Waals surface area contributed by atoms with E-state index in [2.05, 4.69) is 0 Å². The van der Waals surface area contributed by atoms with E-state index in [4.69, 9.17) is 9.15 Å². The first-order valence-corrected chi connectivity index (χ1v) is 7.48. The Balaban J connectivity index is 1.94. The van der Waals surface area contributed by atoms with E-state index in [0.29, 0.717) is 5.58 Å². The van der Waals surface area contributed by atoms with Crippen molar-refractivity contribution in [1.29, 1.82) is 0 Å². The lowest BCUT2D eigenvalue weighted by Crippen LogP contribution is -2.40. The molecule has 0 aliphatic carbocycles. The molecule has 2 heterocycles. The normalized spacial score (nSPS) is 21.1. The number of ether oxygens (including phenoxy) is 1. The molecule has 1 N–H and O–H groups in total. The monoisotopic (exact) mass is 317 g/mol. The molecule has 3 rings (SSSR count). The van der Waals surface area contributed by atoms with Crippen LogP contribution in [0.1, 0.15) is 28.1 Å². The van der Waals surface area contributed by atoms with Gasteiger partial charge in [0.25, 0.3) is 5.91 Å². The SMILES string of the molecule is COC1CC(C(=O)O)N(C(=O)c2cc3cc(C)c(C)cc3o2)C1. The van der Waals surface area contributed by atoms with Gasteiger partial charge in [-0.2, -0.15) is 0 Å². The Morgan fingerprint density at radius 3 is 2.61 bits per heavy atom. The zero-order valence-electron chi connectivity index (χ0n) is 13.3. The summed E-state index contributed by atoms with van der Waals surface area (Å²) in [6.07, 6.45) is 0.0182. The number of furan rings is 1. The van der Waals surface area contributed by atoms with Gasteiger partial charge in [0, 0.05) is 25.5 Å². The van der Waals surface area contributed by atoms with Gasteiger partial charge in [0.1, 0.15) is 11.6 Å². The van der Waals surface area contributed by atoms with Crippen LogP contribution in [0.25, 0.3) is 11.0 Å². The molecule has 2 atom stereocenters. The Hall–Kier alpha value is -2.34. The zero-order chi connectivity index (χ0) is 16.7. The van der Waals surface area contributed by atoms with E-state index in [0.717, 1.165) is 16.5 Å². The van der Waals surface area contributed by atoms with E-state index in [1.165, 1.54) is 12.0 Å². The highest BCUT2D eigenvalue weighted by Gasteiger charge is 2.41. The number of amides is 1. The number of hydrogen-bond donors (Lipinski definition) is 1. The molecule has 122 valence electrons. The molecule has 2 aromatic rings. The Morgan fingerprint density at radius 1 is 1.26 bits per heavy atom. The first-order chi connectivity index (χ1) is 10.9. The maximum absolute atomic E-state index is 12.7. The Morgan fingerprint density at radius 2 is 1.96 bits per heavy atom. The third kappa shape index (κ3) is 2.70. The highest BCUT2D eigenvalue weighted by molar-refractivity contribution is 5.98. The Labute approximate surface area is 133 Å². The maximum Gasteiger partial charge on any atom is 0.326 e. The number of benzene rings is 1. The largest absolute Gasteiger partial charge is 0.480 e. The molecule has 6 heteroatoms. The third-order valence-electron chi connectivity index (χ3n) is 4.49. The minimum Gasteiger partial charge on any atom is -0.480 e. The van der Waals surface area contributed by atoms with Gasteiger partial charge in [-0.25, -0.2) is 4.79 Å². The number of rotatable bonds is 3. The van der Waals surface area contributed by atoms with Crippen LogP contribution >= 0.6 is 0 Å². The quantitative estimate of drug-likeness (QED) is 0.940. The smallest absolute Gasteiger partial charge is 0.326 e. The Bertz CT molecular complexity index is 740. The van der Waals surface area contributed by atoms with Crippen molar-refractivity contribution in [2.24, 2.45) is 0 Å². The number of fused-ring (bicyclic) bond motifs is 1. The molecule has 6 nitrogen and oxygen atoms in total. The van der Waals surface area contributed by atoms with E-state index < -0.39 is 17.9 Å². The van der Waals surface area contributed by atoms with Gasteiger partial charge in [-0.1, -0.05) is 0 Å². The van der Waals surface area contributed by atoms with Crippen LogP contribution in [-0.2, 0) is 9.53 Å². The molecular formula is C17H19NO5. The second kappa shape index (κ2) is 5.70. The number of carbonyl (C=O) groups excluding carboxylic acids is 1. The summed E-state index contributed by atoms with van der Waals surface area (Å²) in [5.41, 5.74) is 2.82. The summed E-state index contributed by atoms with van der Waals surface area (Å²) in [6.45, 7) is 4.22. The number of carboxylic acids is 1. The highest BCUT2D eigenvalue weighted by atomic mass is 16.5. The number of likely N-dealkylation sites (tertiary alicyclic amines) is 1. The molecule has 1 aliphatic rings. The van der Waals surface area contributed by atoms with Crippen molar-refractivity contribution in [1.82, 2.24) is 4.90 Å². The maximum atomic E-state index is 12.7. The lowest BCUT2D eigenvalue weighted by Gasteiger charge is -2.19. The molecule has 1 fully saturated rings. The minimum atomic E-state index is -1.03. The first kappa shape index (κ1) is 15.6. The van der Waals surface area contributed by atoms with E-state index in [-0.39, 0.29) is 24.8 Å². The molecule has 1 saturated heterocycles. The van der Waals surface area contributed by atoms with Crippen LogP contribution in [0.4, 0.5) is 0 Å². The van der Waals surface area contributed by atoms with Gasteiger partial charge >= 0.3 is 5.97 Å². The molecule has 1 aliphatic heterocycles. The molecule has 2 unspecified atom stereocenters. The van der Waals surface area contributed by atoms with Gasteiger partial charge in [-0.3, -0.25) is 4.79 Å². The van der Waals surface area contributed by atoms with E-state index in [1.807, 2.05) is 26.0 Å². The molecule has 1 amide bonds. The van der Waals surface area contributed by atoms with Crippen molar-refractivity contribution in [2.45, 2.75) is 32.4 Å². The molecule has 23 heavy (non-hydrogen) atoms. The van der Waals surface area contributed by atoms with E-state index >= 15 is 0 Å². The fourth-order valence-electron chi connectivity index (χ4n) is 2.98. The Kier molecular flexibility index (Phi) is 3.85. The lowest BCUT2D eigenvalue weighted by molar-refractivity contribution is -0.141. The van der Waals surface area contributed by atoms with Crippen LogP contribution in [0.15, 0.2) is 22.6 Å². The highest BCUT2D eigenvalue weighted by Crippen LogP contribution is 2.27. The van der Waals surface area contributed by atoms with Crippen LogP contribution in [0.3, 0.4) is 0 Å². The van der Waals surface area contributed by atoms with E-state index in [1.54, 1.807) is 6.07 Å². The summed E-state index contributed by atoms with van der Waals surface area (Å²) >= 11 is 0. The summed E-state index contributed by atoms with van der Waals surface area (Å²) in [4.78, 5) is 25.4. The predicted octanol–water partition coefficient (Wildman–Crippen LogP) is 2.36. The summed E-state index contributed by atoms with van der Waals surface area (Å²) < 4.78 is 10.9. The van der Waals surface area contributed by atoms with Crippen molar-refractivity contribution in [3.63, 3.8) is 0 Å². The second-order valence-electron chi connectivity index (χ2n) is 5.99. The standard InChI is InChI=1S/C17H19NO5/c1-9-4-11-6-15(23-14(11)5-10(9)2)16(19)18-8-12(22-3)7-13(18)17(20)21/h4-6,12-13H,7-8H2,1-3H3,(H,20,21). The van der Waals surface area contributed by atoms with E-state index in [9.17, 15) is 14.7 Å². The zero-order valence-corrected chi connectivity index (χ0v) is 13.3. The van der Waals surface area contributed by atoms with Crippen molar-refractivity contribution in [2.75, 3.05) is 13.7 Å². The van der Waals surface area contributed by atoms with Gasteiger partial charge < -0.3 is 19.2 Å². The lowest BCUT2D eigenvalue weighted by atomic mass is 10.1. The minimum absolute atomic E-state index is 0.160. The van der Waals surface area contributed by atoms with Gasteiger partial charge in [-0.05, 0) is 43.2 Å². The van der Waals surface area contributed by atoms with Crippen LogP contribution in [0.2, 0.25) is 0 Å². The molecule has 1 aromatic carbocycles. The number of methoxy groups -OCH3 is 1. The van der Waals surface area contributed by atoms with Crippen molar-refractivity contribution >= 4 is 22.8 Å². The topological polar surface area (TPSA) is 80.0 Å². The molecular weight excluding hydrogens is 298 g/mol. The van der Waals surface area contributed by atoms with Crippen molar-refractivity contribution in [3.8, 4) is 0 Å². The van der Waals surface area contributed by atoms with Gasteiger partial charge in [0.2, 0.25) is 0 Å². The first-order valence-electron chi connectivity index (χ1n) is 7.48. The number of aliphatic carboxylic acids is 1. The molecule has 0 saturated carbocycles. The van der Waals surface area contributed by atoms with Gasteiger partial charge in [0.15, 0.2) is 5.76 Å². The third-order valence-corrected chi connectivity index (χ3v) is 4.49. The average molecular weight is 317 g/mol. The molecule has 0 bridgehead atoms. The summed E-state index contributed by atoms with van der Waals surface area (Å²) in [7, 11) is 1.52. The number of carbonyl (C=O) groups is 2. The van der Waals surface area contributed by atoms with Crippen molar-refractivity contribution in [3.05, 3.63) is 35.1 Å². The fourth-order valence-corrected chi connectivity index (χ4v) is 2.98. The van der Waals surface area contributed by atoms with Crippen LogP contribution in [0.5, 0.6) is 0 Å². The molecule has 0 radical (unpaired) electrons. The summed E-state index contributed by atoms with van der Waals surface area (Å²) in [5, 5.41) is 10.2. The fraction of sp³-hybridized carbons (Fsp3) is 0.412. The number of nitrogens with zero attached hydrogens (tertiary/aromatic N) is 1. The van der Waals surface area contributed by atoms with Crippen molar-refractivity contribution < 1.29 is 23.8 Å². The second-order valence-corrected chi connectivity index (χ2v) is 5.99. The van der Waals surface area contributed by atoms with Gasteiger partial charge in [0.05, 0.1) is 6.10 Å². The number of hydrogen-bond acceptors (Lipinski definition) is 4. The van der Waals surface area contributed by atoms with Crippen LogP contribution < -0.4 is 0 Å². The summed E-state index contributed by atoms with van der Waals surface area (Å²) in [6, 6.07) is 4.63. The predicted molar refractivity (Wildman–Crippen MR) is 83.6 cm³/mol.